The quantitative estimate of drug-likeness (QED) is 0.429. The standard InChI is InChI=1S/C18H28ClN5S/c1-5-20-18(24(4)12-16-10-15(19)11-23(16)3)21-9-7-6-8-17-22-14(2)13-25-17/h10-11,13H,5-9,12H2,1-4H3,(H,20,21). The predicted molar refractivity (Wildman–Crippen MR) is 108 cm³/mol. The summed E-state index contributed by atoms with van der Waals surface area (Å²) in [5.41, 5.74) is 2.28. The van der Waals surface area contributed by atoms with Crippen LogP contribution in [0.1, 0.15) is 36.2 Å². The molecule has 0 fully saturated rings. The molecule has 0 saturated carbocycles. The number of hydrogen-bond donors (Lipinski definition) is 1. The second-order valence-corrected chi connectivity index (χ2v) is 7.57. The lowest BCUT2D eigenvalue weighted by Crippen LogP contribution is -2.38. The normalized spacial score (nSPS) is 11.8. The molecule has 0 spiro atoms. The molecule has 2 heterocycles. The van der Waals surface area contributed by atoms with Crippen LogP contribution >= 0.6 is 22.9 Å². The Morgan fingerprint density at radius 1 is 1.44 bits per heavy atom. The lowest BCUT2D eigenvalue weighted by atomic mass is 10.2. The first-order valence-electron chi connectivity index (χ1n) is 8.70. The van der Waals surface area contributed by atoms with E-state index >= 15 is 0 Å². The van der Waals surface area contributed by atoms with E-state index in [4.69, 9.17) is 16.6 Å². The van der Waals surface area contributed by atoms with Crippen LogP contribution in [0.15, 0.2) is 22.6 Å². The van der Waals surface area contributed by atoms with Gasteiger partial charge in [-0.05, 0) is 39.2 Å². The van der Waals surface area contributed by atoms with Gasteiger partial charge in [-0.15, -0.1) is 11.3 Å². The minimum atomic E-state index is 0.769. The Balaban J connectivity index is 1.83. The Bertz CT molecular complexity index is 691. The Morgan fingerprint density at radius 3 is 2.84 bits per heavy atom. The second kappa shape index (κ2) is 9.82. The van der Waals surface area contributed by atoms with Crippen molar-refractivity contribution in [2.24, 2.45) is 12.0 Å². The van der Waals surface area contributed by atoms with Crippen molar-refractivity contribution in [3.63, 3.8) is 0 Å². The first-order valence-corrected chi connectivity index (χ1v) is 9.96. The zero-order valence-corrected chi connectivity index (χ0v) is 17.1. The van der Waals surface area contributed by atoms with E-state index in [2.05, 4.69) is 39.1 Å². The number of aliphatic imine (C=N–C) groups is 1. The SMILES string of the molecule is CCNC(=NCCCCc1nc(C)cs1)N(C)Cc1cc(Cl)cn1C. The molecule has 0 unspecified atom stereocenters. The van der Waals surface area contributed by atoms with Crippen molar-refractivity contribution in [1.82, 2.24) is 19.8 Å². The number of hydrogen-bond acceptors (Lipinski definition) is 3. The smallest absolute Gasteiger partial charge is 0.194 e. The number of nitrogens with one attached hydrogen (secondary N) is 1. The number of aryl methyl sites for hydroxylation is 3. The molecule has 0 bridgehead atoms. The van der Waals surface area contributed by atoms with E-state index in [1.54, 1.807) is 11.3 Å². The van der Waals surface area contributed by atoms with Crippen LogP contribution < -0.4 is 5.32 Å². The van der Waals surface area contributed by atoms with Gasteiger partial charge >= 0.3 is 0 Å². The Kier molecular flexibility index (Phi) is 7.78. The fourth-order valence-electron chi connectivity index (χ4n) is 2.60. The molecule has 0 aliphatic rings. The van der Waals surface area contributed by atoms with E-state index in [9.17, 15) is 0 Å². The molecule has 0 aliphatic carbocycles. The molecule has 7 heteroatoms. The maximum Gasteiger partial charge on any atom is 0.194 e. The Labute approximate surface area is 159 Å². The highest BCUT2D eigenvalue weighted by molar-refractivity contribution is 7.09. The number of halogens is 1. The van der Waals surface area contributed by atoms with E-state index in [-0.39, 0.29) is 0 Å². The number of rotatable bonds is 8. The maximum absolute atomic E-state index is 6.07. The third-order valence-corrected chi connectivity index (χ3v) is 5.13. The van der Waals surface area contributed by atoms with Gasteiger partial charge in [-0.3, -0.25) is 4.99 Å². The number of guanidine groups is 1. The van der Waals surface area contributed by atoms with Crippen LogP contribution in [0.4, 0.5) is 0 Å². The van der Waals surface area contributed by atoms with Crippen LogP contribution in [0.5, 0.6) is 0 Å². The molecule has 1 N–H and O–H groups in total. The molecule has 2 aromatic rings. The summed E-state index contributed by atoms with van der Waals surface area (Å²) in [5, 5.41) is 7.47. The van der Waals surface area contributed by atoms with Gasteiger partial charge in [0, 0.05) is 50.1 Å². The molecule has 138 valence electrons. The number of nitrogens with zero attached hydrogens (tertiary/aromatic N) is 4. The third-order valence-electron chi connectivity index (χ3n) is 3.90. The largest absolute Gasteiger partial charge is 0.357 e. The Morgan fingerprint density at radius 2 is 2.24 bits per heavy atom. The average molecular weight is 382 g/mol. The van der Waals surface area contributed by atoms with Crippen LogP contribution in [0.2, 0.25) is 5.02 Å². The van der Waals surface area contributed by atoms with Gasteiger partial charge in [0.15, 0.2) is 5.96 Å². The van der Waals surface area contributed by atoms with Crippen LogP contribution in [-0.4, -0.2) is 40.5 Å². The van der Waals surface area contributed by atoms with Gasteiger partial charge in [0.1, 0.15) is 0 Å². The van der Waals surface area contributed by atoms with Crippen molar-refractivity contribution in [2.75, 3.05) is 20.1 Å². The number of unbranched alkanes of at least 4 members (excludes halogenated alkanes) is 1. The van der Waals surface area contributed by atoms with Crippen molar-refractivity contribution in [3.05, 3.63) is 39.1 Å². The predicted octanol–water partition coefficient (Wildman–Crippen LogP) is 3.86. The first kappa shape index (κ1) is 19.8. The second-order valence-electron chi connectivity index (χ2n) is 6.19. The molecule has 0 aromatic carbocycles. The van der Waals surface area contributed by atoms with E-state index in [0.717, 1.165) is 61.3 Å². The molecular formula is C18H28ClN5S. The first-order chi connectivity index (χ1) is 12.0. The molecule has 0 aliphatic heterocycles. The van der Waals surface area contributed by atoms with Crippen molar-refractivity contribution >= 4 is 28.9 Å². The van der Waals surface area contributed by atoms with Crippen molar-refractivity contribution < 1.29 is 0 Å². The fraction of sp³-hybridized carbons (Fsp3) is 0.556. The lowest BCUT2D eigenvalue weighted by molar-refractivity contribution is 0.461. The van der Waals surface area contributed by atoms with Gasteiger partial charge in [-0.25, -0.2) is 4.98 Å². The summed E-state index contributed by atoms with van der Waals surface area (Å²) in [6.07, 6.45) is 5.15. The number of thiazole rings is 1. The summed E-state index contributed by atoms with van der Waals surface area (Å²) in [6.45, 7) is 6.59. The summed E-state index contributed by atoms with van der Waals surface area (Å²) in [5.74, 6) is 0.935. The molecule has 0 atom stereocenters. The summed E-state index contributed by atoms with van der Waals surface area (Å²) in [6, 6.07) is 2.00. The minimum absolute atomic E-state index is 0.769. The monoisotopic (exact) mass is 381 g/mol. The molecule has 0 saturated heterocycles. The van der Waals surface area contributed by atoms with E-state index in [0.29, 0.717) is 0 Å². The zero-order valence-electron chi connectivity index (χ0n) is 15.5. The van der Waals surface area contributed by atoms with E-state index in [1.807, 2.05) is 26.2 Å². The highest BCUT2D eigenvalue weighted by Crippen LogP contribution is 2.14. The highest BCUT2D eigenvalue weighted by atomic mass is 35.5. The van der Waals surface area contributed by atoms with Gasteiger partial charge in [0.25, 0.3) is 0 Å². The van der Waals surface area contributed by atoms with Crippen molar-refractivity contribution in [2.45, 2.75) is 39.7 Å². The maximum atomic E-state index is 6.07. The zero-order chi connectivity index (χ0) is 18.2. The lowest BCUT2D eigenvalue weighted by Gasteiger charge is -2.22. The molecule has 2 aromatic heterocycles. The van der Waals surface area contributed by atoms with Crippen LogP contribution in [-0.2, 0) is 20.0 Å². The molecule has 0 amide bonds. The van der Waals surface area contributed by atoms with Crippen molar-refractivity contribution in [3.8, 4) is 0 Å². The van der Waals surface area contributed by atoms with Crippen LogP contribution in [0, 0.1) is 6.92 Å². The fourth-order valence-corrected chi connectivity index (χ4v) is 3.69. The summed E-state index contributed by atoms with van der Waals surface area (Å²) < 4.78 is 2.05. The van der Waals surface area contributed by atoms with Gasteiger partial charge in [-0.2, -0.15) is 0 Å². The molecule has 2 rings (SSSR count). The summed E-state index contributed by atoms with van der Waals surface area (Å²) in [4.78, 5) is 11.4. The third kappa shape index (κ3) is 6.36. The molecule has 0 radical (unpaired) electrons. The topological polar surface area (TPSA) is 45.5 Å². The van der Waals surface area contributed by atoms with E-state index in [1.165, 1.54) is 5.01 Å². The minimum Gasteiger partial charge on any atom is -0.357 e. The van der Waals surface area contributed by atoms with Gasteiger partial charge in [0.2, 0.25) is 0 Å². The van der Waals surface area contributed by atoms with Crippen LogP contribution in [0.3, 0.4) is 0 Å². The van der Waals surface area contributed by atoms with Gasteiger partial charge < -0.3 is 14.8 Å². The average Bonchev–Trinajstić information content (AvgIpc) is 3.11. The van der Waals surface area contributed by atoms with Gasteiger partial charge in [0.05, 0.1) is 16.6 Å². The molecule has 25 heavy (non-hydrogen) atoms. The summed E-state index contributed by atoms with van der Waals surface area (Å²) >= 11 is 7.82. The van der Waals surface area contributed by atoms with Crippen LogP contribution in [0.25, 0.3) is 0 Å². The summed E-state index contributed by atoms with van der Waals surface area (Å²) in [7, 11) is 4.07. The van der Waals surface area contributed by atoms with Gasteiger partial charge in [-0.1, -0.05) is 11.6 Å². The molecular weight excluding hydrogens is 354 g/mol. The highest BCUT2D eigenvalue weighted by Gasteiger charge is 2.09. The Hall–Kier alpha value is -1.53. The van der Waals surface area contributed by atoms with E-state index < -0.39 is 0 Å². The molecule has 5 nitrogen and oxygen atoms in total. The number of aromatic nitrogens is 2. The van der Waals surface area contributed by atoms with Crippen molar-refractivity contribution in [1.29, 1.82) is 0 Å².